The van der Waals surface area contributed by atoms with Crippen LogP contribution in [-0.4, -0.2) is 52.0 Å². The smallest absolute Gasteiger partial charge is 0.323 e. The Morgan fingerprint density at radius 1 is 1.28 bits per heavy atom. The second kappa shape index (κ2) is 6.83. The molecule has 146 valence electrons. The summed E-state index contributed by atoms with van der Waals surface area (Å²) >= 11 is 0. The fourth-order valence-electron chi connectivity index (χ4n) is 3.29. The molecule has 4 rings (SSSR count). The molecule has 2 aliphatic rings. The molecule has 1 aromatic carbocycles. The first kappa shape index (κ1) is 18.3. The van der Waals surface area contributed by atoms with E-state index in [9.17, 15) is 19.5 Å². The number of fused-ring (bicyclic) bond motifs is 1. The van der Waals surface area contributed by atoms with Crippen LogP contribution in [0.1, 0.15) is 21.5 Å². The summed E-state index contributed by atoms with van der Waals surface area (Å²) in [4.78, 5) is 42.5. The number of amides is 4. The standard InChI is InChI=1S/C20H16N4O5/c1-29-15-3-2-13-10-24(17(26)16(13)7-15)11-20(18(27)22-19(28)23-20)5-4-12-6-14(25)9-21-8-12/h2-3,6-9,25H,10-11H2,1H3,(H2,22,23,27,28). The highest BCUT2D eigenvalue weighted by Gasteiger charge is 2.48. The molecular weight excluding hydrogens is 376 g/mol. The van der Waals surface area contributed by atoms with Crippen molar-refractivity contribution in [3.05, 3.63) is 53.3 Å². The number of ether oxygens (including phenoxy) is 1. The number of rotatable bonds is 3. The van der Waals surface area contributed by atoms with Crippen LogP contribution in [0, 0.1) is 11.8 Å². The van der Waals surface area contributed by atoms with Crippen LogP contribution in [0.3, 0.4) is 0 Å². The second-order valence-electron chi connectivity index (χ2n) is 6.68. The Kier molecular flexibility index (Phi) is 4.31. The van der Waals surface area contributed by atoms with Crippen LogP contribution >= 0.6 is 0 Å². The largest absolute Gasteiger partial charge is 0.506 e. The lowest BCUT2D eigenvalue weighted by molar-refractivity contribution is -0.122. The Morgan fingerprint density at radius 3 is 2.79 bits per heavy atom. The Labute approximate surface area is 165 Å². The van der Waals surface area contributed by atoms with Gasteiger partial charge in [0, 0.05) is 23.9 Å². The van der Waals surface area contributed by atoms with E-state index in [1.807, 2.05) is 0 Å². The third-order valence-corrected chi connectivity index (χ3v) is 4.71. The summed E-state index contributed by atoms with van der Waals surface area (Å²) in [6, 6.07) is 5.87. The predicted molar refractivity (Wildman–Crippen MR) is 99.9 cm³/mol. The zero-order chi connectivity index (χ0) is 20.6. The van der Waals surface area contributed by atoms with Crippen molar-refractivity contribution in [3.8, 4) is 23.3 Å². The topological polar surface area (TPSA) is 121 Å². The molecule has 1 aromatic heterocycles. The van der Waals surface area contributed by atoms with E-state index in [1.54, 1.807) is 18.2 Å². The van der Waals surface area contributed by atoms with Crippen molar-refractivity contribution in [2.75, 3.05) is 13.7 Å². The molecule has 2 aliphatic heterocycles. The average molecular weight is 392 g/mol. The van der Waals surface area contributed by atoms with Crippen LogP contribution < -0.4 is 15.4 Å². The first-order chi connectivity index (χ1) is 13.9. The number of imide groups is 1. The summed E-state index contributed by atoms with van der Waals surface area (Å²) in [5, 5.41) is 14.2. The lowest BCUT2D eigenvalue weighted by atomic mass is 9.99. The molecule has 4 amide bonds. The van der Waals surface area contributed by atoms with Crippen molar-refractivity contribution in [2.24, 2.45) is 0 Å². The van der Waals surface area contributed by atoms with Crippen molar-refractivity contribution >= 4 is 17.8 Å². The quantitative estimate of drug-likeness (QED) is 0.513. The van der Waals surface area contributed by atoms with Crippen molar-refractivity contribution in [1.82, 2.24) is 20.5 Å². The van der Waals surface area contributed by atoms with E-state index in [-0.39, 0.29) is 24.7 Å². The van der Waals surface area contributed by atoms with Crippen molar-refractivity contribution in [2.45, 2.75) is 12.1 Å². The third-order valence-electron chi connectivity index (χ3n) is 4.71. The van der Waals surface area contributed by atoms with Gasteiger partial charge >= 0.3 is 6.03 Å². The lowest BCUT2D eigenvalue weighted by Crippen LogP contribution is -2.54. The highest BCUT2D eigenvalue weighted by atomic mass is 16.5. The van der Waals surface area contributed by atoms with Crippen LogP contribution in [0.5, 0.6) is 11.5 Å². The van der Waals surface area contributed by atoms with E-state index < -0.39 is 17.5 Å². The Hall–Kier alpha value is -4.06. The zero-order valence-corrected chi connectivity index (χ0v) is 15.4. The number of aromatic hydroxyl groups is 1. The molecule has 0 spiro atoms. The summed E-state index contributed by atoms with van der Waals surface area (Å²) in [5.74, 6) is 5.03. The number of carbonyl (C=O) groups excluding carboxylic acids is 3. The summed E-state index contributed by atoms with van der Waals surface area (Å²) in [6.07, 6.45) is 2.66. The molecule has 0 aliphatic carbocycles. The molecule has 29 heavy (non-hydrogen) atoms. The molecule has 3 N–H and O–H groups in total. The Balaban J connectivity index is 1.65. The number of pyridine rings is 1. The van der Waals surface area contributed by atoms with Crippen molar-refractivity contribution in [1.29, 1.82) is 0 Å². The van der Waals surface area contributed by atoms with E-state index in [0.717, 1.165) is 5.56 Å². The van der Waals surface area contributed by atoms with Gasteiger partial charge in [-0.3, -0.25) is 19.9 Å². The molecule has 2 aromatic rings. The van der Waals surface area contributed by atoms with Gasteiger partial charge in [0.15, 0.2) is 0 Å². The van der Waals surface area contributed by atoms with Gasteiger partial charge in [0.2, 0.25) is 5.54 Å². The molecule has 9 heteroatoms. The molecule has 1 fully saturated rings. The average Bonchev–Trinajstić information content (AvgIpc) is 3.15. The first-order valence-electron chi connectivity index (χ1n) is 8.67. The van der Waals surface area contributed by atoms with Gasteiger partial charge in [-0.15, -0.1) is 0 Å². The second-order valence-corrected chi connectivity index (χ2v) is 6.68. The SMILES string of the molecule is COc1ccc2c(c1)C(=O)N(CC1(C#Cc3cncc(O)c3)NC(=O)NC1=O)C2. The number of benzene rings is 1. The maximum absolute atomic E-state index is 12.8. The first-order valence-corrected chi connectivity index (χ1v) is 8.67. The molecule has 0 saturated carbocycles. The van der Waals surface area contributed by atoms with Gasteiger partial charge in [-0.05, 0) is 23.8 Å². The minimum atomic E-state index is -1.62. The van der Waals surface area contributed by atoms with Crippen LogP contribution in [-0.2, 0) is 11.3 Å². The fourth-order valence-corrected chi connectivity index (χ4v) is 3.29. The van der Waals surface area contributed by atoms with Gasteiger partial charge in [0.05, 0.1) is 19.9 Å². The van der Waals surface area contributed by atoms with Crippen molar-refractivity contribution < 1.29 is 24.2 Å². The summed E-state index contributed by atoms with van der Waals surface area (Å²) < 4.78 is 5.16. The van der Waals surface area contributed by atoms with Gasteiger partial charge in [-0.25, -0.2) is 4.79 Å². The highest BCUT2D eigenvalue weighted by Crippen LogP contribution is 2.28. The number of nitrogens with zero attached hydrogens (tertiary/aromatic N) is 2. The minimum Gasteiger partial charge on any atom is -0.506 e. The van der Waals surface area contributed by atoms with E-state index >= 15 is 0 Å². The number of methoxy groups -OCH3 is 1. The van der Waals surface area contributed by atoms with E-state index in [0.29, 0.717) is 16.9 Å². The molecule has 0 bridgehead atoms. The molecule has 1 unspecified atom stereocenters. The normalized spacial score (nSPS) is 19.9. The maximum Gasteiger partial charge on any atom is 0.323 e. The minimum absolute atomic E-state index is 0.0788. The monoisotopic (exact) mass is 392 g/mol. The van der Waals surface area contributed by atoms with Crippen LogP contribution in [0.4, 0.5) is 4.79 Å². The summed E-state index contributed by atoms with van der Waals surface area (Å²) in [5.41, 5.74) is 0.0129. The van der Waals surface area contributed by atoms with E-state index in [4.69, 9.17) is 4.74 Å². The van der Waals surface area contributed by atoms with Crippen LogP contribution in [0.2, 0.25) is 0 Å². The fraction of sp³-hybridized carbons (Fsp3) is 0.200. The van der Waals surface area contributed by atoms with E-state index in [1.165, 1.54) is 30.5 Å². The maximum atomic E-state index is 12.8. The van der Waals surface area contributed by atoms with Gasteiger partial charge in [0.25, 0.3) is 11.8 Å². The number of urea groups is 1. The van der Waals surface area contributed by atoms with Gasteiger partial charge in [-0.1, -0.05) is 17.9 Å². The molecule has 0 radical (unpaired) electrons. The summed E-state index contributed by atoms with van der Waals surface area (Å²) in [6.45, 7) is 0.137. The van der Waals surface area contributed by atoms with Crippen molar-refractivity contribution in [3.63, 3.8) is 0 Å². The molecule has 1 saturated heterocycles. The molecule has 1 atom stereocenters. The van der Waals surface area contributed by atoms with Gasteiger partial charge in [0.1, 0.15) is 11.5 Å². The highest BCUT2D eigenvalue weighted by molar-refractivity contribution is 6.10. The predicted octanol–water partition coefficient (Wildman–Crippen LogP) is 0.381. The number of nitrogens with one attached hydrogen (secondary N) is 2. The molecular formula is C20H16N4O5. The number of hydrogen-bond donors (Lipinski definition) is 3. The van der Waals surface area contributed by atoms with Gasteiger partial charge in [-0.2, -0.15) is 0 Å². The van der Waals surface area contributed by atoms with E-state index in [2.05, 4.69) is 27.5 Å². The number of aromatic nitrogens is 1. The lowest BCUT2D eigenvalue weighted by Gasteiger charge is -2.26. The number of carbonyl (C=O) groups is 3. The Morgan fingerprint density at radius 2 is 2.10 bits per heavy atom. The Bertz CT molecular complexity index is 1100. The molecule has 3 heterocycles. The number of hydrogen-bond acceptors (Lipinski definition) is 6. The summed E-state index contributed by atoms with van der Waals surface area (Å²) in [7, 11) is 1.51. The zero-order valence-electron chi connectivity index (χ0n) is 15.4. The third kappa shape index (κ3) is 3.32. The van der Waals surface area contributed by atoms with Crippen LogP contribution in [0.15, 0.2) is 36.7 Å². The van der Waals surface area contributed by atoms with Crippen LogP contribution in [0.25, 0.3) is 0 Å². The van der Waals surface area contributed by atoms with Gasteiger partial charge < -0.3 is 20.1 Å². The molecule has 9 nitrogen and oxygen atoms in total.